The van der Waals surface area contributed by atoms with Crippen molar-refractivity contribution in [1.29, 1.82) is 0 Å². The summed E-state index contributed by atoms with van der Waals surface area (Å²) in [4.78, 5) is 28.9. The lowest BCUT2D eigenvalue weighted by molar-refractivity contribution is -0.134. The summed E-state index contributed by atoms with van der Waals surface area (Å²) in [6.45, 7) is 5.96. The fraction of sp³-hybridized carbons (Fsp3) is 0.619. The van der Waals surface area contributed by atoms with Crippen LogP contribution in [-0.2, 0) is 16.0 Å². The van der Waals surface area contributed by atoms with Gasteiger partial charge in [-0.1, -0.05) is 6.07 Å². The Hall–Kier alpha value is -2.28. The number of amides is 2. The molecule has 1 aromatic rings. The predicted octanol–water partition coefficient (Wildman–Crippen LogP) is 1.20. The molecule has 0 radical (unpaired) electrons. The minimum Gasteiger partial charge on any atom is -0.486 e. The highest BCUT2D eigenvalue weighted by atomic mass is 16.6. The number of rotatable bonds is 6. The molecule has 1 unspecified atom stereocenters. The van der Waals surface area contributed by atoms with Gasteiger partial charge in [-0.3, -0.25) is 14.5 Å². The van der Waals surface area contributed by atoms with E-state index in [2.05, 4.69) is 10.2 Å². The Bertz CT molecular complexity index is 726. The van der Waals surface area contributed by atoms with Crippen LogP contribution in [0.5, 0.6) is 11.5 Å². The topological polar surface area (TPSA) is 71.1 Å². The van der Waals surface area contributed by atoms with Gasteiger partial charge in [-0.2, -0.15) is 0 Å². The van der Waals surface area contributed by atoms with Gasteiger partial charge < -0.3 is 19.7 Å². The number of fused-ring (bicyclic) bond motifs is 1. The lowest BCUT2D eigenvalue weighted by Gasteiger charge is -2.37. The van der Waals surface area contributed by atoms with Gasteiger partial charge in [0.25, 0.3) is 0 Å². The molecule has 0 spiro atoms. The smallest absolute Gasteiger partial charge is 0.237 e. The average molecular weight is 387 g/mol. The van der Waals surface area contributed by atoms with Crippen molar-refractivity contribution >= 4 is 11.8 Å². The Morgan fingerprint density at radius 1 is 1.11 bits per heavy atom. The van der Waals surface area contributed by atoms with E-state index in [0.717, 1.165) is 43.0 Å². The summed E-state index contributed by atoms with van der Waals surface area (Å²) in [7, 11) is 0. The molecular weight excluding hydrogens is 358 g/mol. The number of carbonyl (C=O) groups excluding carboxylic acids is 2. The van der Waals surface area contributed by atoms with E-state index in [1.54, 1.807) is 0 Å². The van der Waals surface area contributed by atoms with E-state index in [-0.39, 0.29) is 17.9 Å². The van der Waals surface area contributed by atoms with Gasteiger partial charge in [0, 0.05) is 38.6 Å². The second kappa shape index (κ2) is 8.39. The van der Waals surface area contributed by atoms with Crippen molar-refractivity contribution in [3.05, 3.63) is 23.8 Å². The van der Waals surface area contributed by atoms with Gasteiger partial charge in [0.2, 0.25) is 11.8 Å². The van der Waals surface area contributed by atoms with E-state index < -0.39 is 0 Å². The maximum Gasteiger partial charge on any atom is 0.237 e. The summed E-state index contributed by atoms with van der Waals surface area (Å²) in [6, 6.07) is 6.15. The van der Waals surface area contributed by atoms with Crippen molar-refractivity contribution < 1.29 is 19.1 Å². The highest BCUT2D eigenvalue weighted by molar-refractivity contribution is 5.82. The van der Waals surface area contributed by atoms with E-state index in [4.69, 9.17) is 9.47 Å². The molecule has 0 aromatic heterocycles. The number of piperazine rings is 1. The van der Waals surface area contributed by atoms with Gasteiger partial charge >= 0.3 is 0 Å². The van der Waals surface area contributed by atoms with Gasteiger partial charge in [0.05, 0.1) is 6.04 Å². The molecule has 7 nitrogen and oxygen atoms in total. The third-order valence-corrected chi connectivity index (χ3v) is 5.75. The molecule has 0 bridgehead atoms. The van der Waals surface area contributed by atoms with Crippen molar-refractivity contribution in [2.45, 2.75) is 44.7 Å². The highest BCUT2D eigenvalue weighted by Gasteiger charge is 2.30. The van der Waals surface area contributed by atoms with E-state index in [1.807, 2.05) is 30.0 Å². The molecule has 1 atom stereocenters. The largest absolute Gasteiger partial charge is 0.486 e. The van der Waals surface area contributed by atoms with Gasteiger partial charge in [-0.15, -0.1) is 0 Å². The Balaban J connectivity index is 1.22. The maximum atomic E-state index is 12.6. The minimum absolute atomic E-state index is 0.112. The molecule has 1 N–H and O–H groups in total. The van der Waals surface area contributed by atoms with Crippen LogP contribution in [0.15, 0.2) is 18.2 Å². The van der Waals surface area contributed by atoms with Crippen LogP contribution in [-0.4, -0.2) is 73.1 Å². The Labute approximate surface area is 166 Å². The Morgan fingerprint density at radius 3 is 2.54 bits per heavy atom. The number of nitrogens with one attached hydrogen (secondary N) is 1. The number of nitrogens with zero attached hydrogens (tertiary/aromatic N) is 2. The third kappa shape index (κ3) is 4.58. The van der Waals surface area contributed by atoms with Gasteiger partial charge in [0.1, 0.15) is 13.2 Å². The average Bonchev–Trinajstić information content (AvgIpc) is 3.55. The molecule has 2 amide bonds. The molecule has 1 aromatic carbocycles. The molecule has 2 heterocycles. The fourth-order valence-electron chi connectivity index (χ4n) is 3.73. The molecule has 152 valence electrons. The summed E-state index contributed by atoms with van der Waals surface area (Å²) in [5.41, 5.74) is 1.08. The van der Waals surface area contributed by atoms with Crippen LogP contribution in [0.25, 0.3) is 0 Å². The molecular formula is C21H29N3O4. The lowest BCUT2D eigenvalue weighted by atomic mass is 10.1. The van der Waals surface area contributed by atoms with Gasteiger partial charge in [0.15, 0.2) is 11.5 Å². The monoisotopic (exact) mass is 387 g/mol. The summed E-state index contributed by atoms with van der Waals surface area (Å²) < 4.78 is 11.1. The van der Waals surface area contributed by atoms with Crippen LogP contribution in [0.2, 0.25) is 0 Å². The molecule has 4 rings (SSSR count). The van der Waals surface area contributed by atoms with Crippen LogP contribution in [0, 0.1) is 0 Å². The lowest BCUT2D eigenvalue weighted by Crippen LogP contribution is -2.55. The number of ether oxygens (including phenoxy) is 2. The first-order valence-corrected chi connectivity index (χ1v) is 10.3. The minimum atomic E-state index is -0.129. The summed E-state index contributed by atoms with van der Waals surface area (Å²) in [5, 5.41) is 3.06. The molecule has 1 saturated carbocycles. The molecule has 2 aliphatic heterocycles. The Morgan fingerprint density at radius 2 is 1.82 bits per heavy atom. The summed E-state index contributed by atoms with van der Waals surface area (Å²) in [6.07, 6.45) is 3.38. The first-order chi connectivity index (χ1) is 13.6. The third-order valence-electron chi connectivity index (χ3n) is 5.75. The highest BCUT2D eigenvalue weighted by Crippen LogP contribution is 2.31. The molecule has 1 aliphatic carbocycles. The number of hydrogen-bond acceptors (Lipinski definition) is 5. The number of benzene rings is 1. The van der Waals surface area contributed by atoms with Crippen molar-refractivity contribution in [2.24, 2.45) is 0 Å². The second-order valence-electron chi connectivity index (χ2n) is 7.85. The number of hydrogen-bond donors (Lipinski definition) is 1. The van der Waals surface area contributed by atoms with Crippen LogP contribution in [0.1, 0.15) is 31.7 Å². The molecule has 2 fully saturated rings. The number of aryl methyl sites for hydroxylation is 1. The van der Waals surface area contributed by atoms with Crippen molar-refractivity contribution in [2.75, 3.05) is 39.4 Å². The van der Waals surface area contributed by atoms with Crippen LogP contribution < -0.4 is 14.8 Å². The van der Waals surface area contributed by atoms with Crippen molar-refractivity contribution in [3.8, 4) is 11.5 Å². The molecule has 1 saturated heterocycles. The fourth-order valence-corrected chi connectivity index (χ4v) is 3.73. The standard InChI is InChI=1S/C21H29N3O4/c1-15(21(26)22-17-4-5-17)23-8-10-24(11-9-23)20(25)7-3-16-2-6-18-19(14-16)28-13-12-27-18/h2,6,14-15,17H,3-5,7-13H2,1H3,(H,22,26). The maximum absolute atomic E-state index is 12.6. The first kappa shape index (κ1) is 19.1. The van der Waals surface area contributed by atoms with E-state index in [9.17, 15) is 9.59 Å². The van der Waals surface area contributed by atoms with Crippen molar-refractivity contribution in [1.82, 2.24) is 15.1 Å². The quantitative estimate of drug-likeness (QED) is 0.794. The normalized spacial score (nSPS) is 20.5. The second-order valence-corrected chi connectivity index (χ2v) is 7.85. The SMILES string of the molecule is CC(C(=O)NC1CC1)N1CCN(C(=O)CCc2ccc3c(c2)OCCO3)CC1. The van der Waals surface area contributed by atoms with Crippen LogP contribution >= 0.6 is 0 Å². The number of carbonyl (C=O) groups is 2. The van der Waals surface area contributed by atoms with E-state index >= 15 is 0 Å². The van der Waals surface area contributed by atoms with Crippen LogP contribution in [0.4, 0.5) is 0 Å². The zero-order valence-corrected chi connectivity index (χ0v) is 16.5. The van der Waals surface area contributed by atoms with Gasteiger partial charge in [-0.25, -0.2) is 0 Å². The first-order valence-electron chi connectivity index (χ1n) is 10.3. The van der Waals surface area contributed by atoms with Crippen LogP contribution in [0.3, 0.4) is 0 Å². The molecule has 3 aliphatic rings. The van der Waals surface area contributed by atoms with E-state index in [0.29, 0.717) is 45.2 Å². The predicted molar refractivity (Wildman–Crippen MR) is 105 cm³/mol. The molecule has 28 heavy (non-hydrogen) atoms. The zero-order chi connectivity index (χ0) is 19.5. The van der Waals surface area contributed by atoms with Gasteiger partial charge in [-0.05, 0) is 43.9 Å². The summed E-state index contributed by atoms with van der Waals surface area (Å²) in [5.74, 6) is 1.83. The van der Waals surface area contributed by atoms with E-state index in [1.165, 1.54) is 0 Å². The molecule has 7 heteroatoms. The summed E-state index contributed by atoms with van der Waals surface area (Å²) >= 11 is 0. The Kier molecular flexibility index (Phi) is 5.71. The zero-order valence-electron chi connectivity index (χ0n) is 16.5. The van der Waals surface area contributed by atoms with Crippen molar-refractivity contribution in [3.63, 3.8) is 0 Å².